The second kappa shape index (κ2) is 5.76. The quantitative estimate of drug-likeness (QED) is 0.178. The van der Waals surface area contributed by atoms with Crippen LogP contribution in [0.3, 0.4) is 0 Å². The fourth-order valence-corrected chi connectivity index (χ4v) is 5.33. The second-order valence-corrected chi connectivity index (χ2v) is 7.29. The minimum Gasteiger partial charge on any atom is -0.0893 e. The molecule has 4 heteroatoms. The van der Waals surface area contributed by atoms with Gasteiger partial charge in [0.25, 0.3) is 0 Å². The Morgan fingerprint density at radius 3 is 1.91 bits per heavy atom. The first-order chi connectivity index (χ1) is 11.4. The van der Waals surface area contributed by atoms with Gasteiger partial charge in [-0.15, -0.1) is 0 Å². The molecule has 0 unspecified atom stereocenters. The minimum absolute atomic E-state index is 0.0580. The number of rotatable bonds is 3. The lowest BCUT2D eigenvalue weighted by Gasteiger charge is -1.96. The molecule has 3 nitrogen and oxygen atoms in total. The molecule has 0 aliphatic rings. The van der Waals surface area contributed by atoms with Crippen LogP contribution < -0.4 is 0 Å². The maximum Gasteiger partial charge on any atom is 0.187 e. The van der Waals surface area contributed by atoms with Crippen LogP contribution in [0.1, 0.15) is 5.56 Å². The van der Waals surface area contributed by atoms with Gasteiger partial charge in [0.2, 0.25) is 0 Å². The number of azide groups is 1. The molecule has 23 heavy (non-hydrogen) atoms. The Labute approximate surface area is 136 Å². The standard InChI is InChI=1S/C19H14N3S/c20-22-21-13-14-9-11-15(12-10-14)23-18-7-3-1-5-16(18)17-6-2-4-8-19(17)23/h1-12H,13H2/q+1. The van der Waals surface area contributed by atoms with Crippen molar-refractivity contribution in [3.63, 3.8) is 0 Å². The van der Waals surface area contributed by atoms with E-state index < -0.39 is 0 Å². The summed E-state index contributed by atoms with van der Waals surface area (Å²) in [5.74, 6) is 0. The van der Waals surface area contributed by atoms with Crippen LogP contribution in [0.2, 0.25) is 0 Å². The van der Waals surface area contributed by atoms with Crippen LogP contribution in [0.15, 0.2) is 77.9 Å². The molecule has 0 spiro atoms. The highest BCUT2D eigenvalue weighted by molar-refractivity contribution is 7.50. The van der Waals surface area contributed by atoms with Crippen molar-refractivity contribution in [2.24, 2.45) is 5.11 Å². The van der Waals surface area contributed by atoms with Gasteiger partial charge in [-0.2, -0.15) is 0 Å². The van der Waals surface area contributed by atoms with Crippen molar-refractivity contribution in [3.05, 3.63) is 88.8 Å². The molecule has 0 amide bonds. The summed E-state index contributed by atoms with van der Waals surface area (Å²) in [5, 5.41) is 6.30. The van der Waals surface area contributed by atoms with Crippen LogP contribution in [0.25, 0.3) is 35.5 Å². The predicted octanol–water partition coefficient (Wildman–Crippen LogP) is 6.54. The average molecular weight is 316 g/mol. The highest BCUT2D eigenvalue weighted by Gasteiger charge is 2.22. The molecule has 1 heterocycles. The Bertz CT molecular complexity index is 988. The lowest BCUT2D eigenvalue weighted by atomic mass is 10.2. The van der Waals surface area contributed by atoms with Crippen LogP contribution in [0.5, 0.6) is 0 Å². The number of hydrogen-bond acceptors (Lipinski definition) is 1. The van der Waals surface area contributed by atoms with E-state index in [1.807, 2.05) is 0 Å². The molecular weight excluding hydrogens is 302 g/mol. The van der Waals surface area contributed by atoms with Crippen molar-refractivity contribution < 1.29 is 0 Å². The van der Waals surface area contributed by atoms with E-state index in [9.17, 15) is 0 Å². The summed E-state index contributed by atoms with van der Waals surface area (Å²) in [4.78, 5) is 4.12. The smallest absolute Gasteiger partial charge is 0.0893 e. The molecule has 0 saturated heterocycles. The molecule has 4 aromatic rings. The van der Waals surface area contributed by atoms with Gasteiger partial charge in [-0.05, 0) is 47.5 Å². The number of benzene rings is 3. The van der Waals surface area contributed by atoms with E-state index in [1.54, 1.807) is 0 Å². The molecule has 0 saturated carbocycles. The highest BCUT2D eigenvalue weighted by atomic mass is 32.2. The van der Waals surface area contributed by atoms with Crippen LogP contribution in [-0.4, -0.2) is 0 Å². The first-order valence-corrected chi connectivity index (χ1v) is 8.63. The third kappa shape index (κ3) is 2.34. The molecule has 4 rings (SSSR count). The lowest BCUT2D eigenvalue weighted by Crippen LogP contribution is -1.79. The molecule has 0 aliphatic carbocycles. The van der Waals surface area contributed by atoms with E-state index in [-0.39, 0.29) is 10.5 Å². The largest absolute Gasteiger partial charge is 0.187 e. The first kappa shape index (κ1) is 13.8. The van der Waals surface area contributed by atoms with Gasteiger partial charge in [-0.25, -0.2) is 0 Å². The Balaban J connectivity index is 1.95. The van der Waals surface area contributed by atoms with Gasteiger partial charge in [0.1, 0.15) is 0 Å². The fourth-order valence-electron chi connectivity index (χ4n) is 2.95. The molecule has 0 atom stereocenters. The molecule has 110 valence electrons. The maximum absolute atomic E-state index is 8.43. The van der Waals surface area contributed by atoms with Gasteiger partial charge in [0, 0.05) is 26.2 Å². The van der Waals surface area contributed by atoms with Crippen molar-refractivity contribution in [2.75, 3.05) is 0 Å². The number of fused-ring (bicyclic) bond motifs is 3. The monoisotopic (exact) mass is 316 g/mol. The topological polar surface area (TPSA) is 48.8 Å². The summed E-state index contributed by atoms with van der Waals surface area (Å²) in [6.45, 7) is 0.401. The average Bonchev–Trinajstić information content (AvgIpc) is 2.95. The van der Waals surface area contributed by atoms with Gasteiger partial charge >= 0.3 is 0 Å². The second-order valence-electron chi connectivity index (χ2n) is 5.33. The SMILES string of the molecule is [N-]=[N+]=NCc1ccc(-[s+]2c3ccccc3c3ccccc32)cc1. The van der Waals surface area contributed by atoms with E-state index >= 15 is 0 Å². The Morgan fingerprint density at radius 1 is 0.783 bits per heavy atom. The molecule has 0 bridgehead atoms. The van der Waals surface area contributed by atoms with Crippen LogP contribution in [0.4, 0.5) is 0 Å². The molecule has 0 aliphatic heterocycles. The van der Waals surface area contributed by atoms with Gasteiger partial charge < -0.3 is 0 Å². The van der Waals surface area contributed by atoms with Gasteiger partial charge in [-0.1, -0.05) is 41.5 Å². The van der Waals surface area contributed by atoms with E-state index in [1.165, 1.54) is 25.1 Å². The third-order valence-corrected chi connectivity index (χ3v) is 6.31. The van der Waals surface area contributed by atoms with Crippen LogP contribution in [0, 0.1) is 0 Å². The Morgan fingerprint density at radius 2 is 1.35 bits per heavy atom. The molecule has 0 fully saturated rings. The summed E-state index contributed by atoms with van der Waals surface area (Å²) in [6.07, 6.45) is 0. The predicted molar refractivity (Wildman–Crippen MR) is 98.1 cm³/mol. The molecule has 0 N–H and O–H groups in total. The minimum atomic E-state index is -0.0580. The van der Waals surface area contributed by atoms with E-state index in [2.05, 4.69) is 82.8 Å². The maximum atomic E-state index is 8.43. The zero-order chi connectivity index (χ0) is 15.6. The zero-order valence-corrected chi connectivity index (χ0v) is 13.2. The fraction of sp³-hybridized carbons (Fsp3) is 0.0526. The van der Waals surface area contributed by atoms with Crippen LogP contribution >= 0.6 is 10.5 Å². The van der Waals surface area contributed by atoms with Crippen molar-refractivity contribution in [3.8, 4) is 4.90 Å². The zero-order valence-electron chi connectivity index (χ0n) is 12.4. The van der Waals surface area contributed by atoms with Crippen molar-refractivity contribution in [2.45, 2.75) is 6.54 Å². The molecule has 0 radical (unpaired) electrons. The van der Waals surface area contributed by atoms with Gasteiger partial charge in [0.15, 0.2) is 14.3 Å². The number of nitrogens with zero attached hydrogens (tertiary/aromatic N) is 3. The van der Waals surface area contributed by atoms with Gasteiger partial charge in [-0.3, -0.25) is 0 Å². The Hall–Kier alpha value is -2.81. The van der Waals surface area contributed by atoms with E-state index in [0.29, 0.717) is 6.54 Å². The summed E-state index contributed by atoms with van der Waals surface area (Å²) in [7, 11) is -0.0580. The third-order valence-electron chi connectivity index (χ3n) is 3.98. The summed E-state index contributed by atoms with van der Waals surface area (Å²) < 4.78 is 2.77. The first-order valence-electron chi connectivity index (χ1n) is 7.41. The van der Waals surface area contributed by atoms with E-state index in [4.69, 9.17) is 5.53 Å². The normalized spacial score (nSPS) is 10.8. The lowest BCUT2D eigenvalue weighted by molar-refractivity contribution is 1.05. The van der Waals surface area contributed by atoms with Crippen molar-refractivity contribution in [1.29, 1.82) is 0 Å². The summed E-state index contributed by atoms with van der Waals surface area (Å²) in [5.41, 5.74) is 9.47. The van der Waals surface area contributed by atoms with Crippen LogP contribution in [-0.2, 0) is 6.54 Å². The molecule has 3 aromatic carbocycles. The van der Waals surface area contributed by atoms with Crippen molar-refractivity contribution >= 4 is 30.6 Å². The van der Waals surface area contributed by atoms with Gasteiger partial charge in [0.05, 0.1) is 6.54 Å². The summed E-state index contributed by atoms with van der Waals surface area (Å²) in [6, 6.07) is 25.7. The Kier molecular flexibility index (Phi) is 3.46. The number of thiophene rings is 1. The van der Waals surface area contributed by atoms with Crippen molar-refractivity contribution in [1.82, 2.24) is 0 Å². The molecular formula is C19H14N3S+. The van der Waals surface area contributed by atoms with E-state index in [0.717, 1.165) is 5.56 Å². The highest BCUT2D eigenvalue weighted by Crippen LogP contribution is 2.48. The molecule has 1 aromatic heterocycles. The number of hydrogen-bond donors (Lipinski definition) is 0. The summed E-state index contributed by atoms with van der Waals surface area (Å²) >= 11 is 0.